The summed E-state index contributed by atoms with van der Waals surface area (Å²) in [6.07, 6.45) is 0. The van der Waals surface area contributed by atoms with E-state index < -0.39 is 0 Å². The van der Waals surface area contributed by atoms with E-state index in [4.69, 9.17) is 16.0 Å². The zero-order valence-electron chi connectivity index (χ0n) is 17.3. The van der Waals surface area contributed by atoms with Crippen molar-refractivity contribution in [1.82, 2.24) is 0 Å². The summed E-state index contributed by atoms with van der Waals surface area (Å²) in [5.41, 5.74) is 8.62. The van der Waals surface area contributed by atoms with E-state index in [2.05, 4.69) is 97.1 Å². The third kappa shape index (κ3) is 3.19. The fraction of sp³-hybridized carbons (Fsp3) is 0. The van der Waals surface area contributed by atoms with Gasteiger partial charge in [0.25, 0.3) is 0 Å². The van der Waals surface area contributed by atoms with Crippen molar-refractivity contribution in [3.05, 3.63) is 120 Å². The molecule has 0 aliphatic rings. The molecule has 0 atom stereocenters. The third-order valence-corrected chi connectivity index (χ3v) is 6.21. The van der Waals surface area contributed by atoms with Gasteiger partial charge >= 0.3 is 0 Å². The molecule has 1 aromatic heterocycles. The Kier molecular flexibility index (Phi) is 4.56. The van der Waals surface area contributed by atoms with Crippen LogP contribution in [-0.4, -0.2) is 0 Å². The highest BCUT2D eigenvalue weighted by Gasteiger charge is 2.15. The summed E-state index contributed by atoms with van der Waals surface area (Å²) in [6.45, 7) is 0. The zero-order valence-corrected chi connectivity index (χ0v) is 18.0. The Labute approximate surface area is 191 Å². The Morgan fingerprint density at radius 1 is 0.438 bits per heavy atom. The fourth-order valence-electron chi connectivity index (χ4n) is 4.40. The molecule has 0 aliphatic carbocycles. The van der Waals surface area contributed by atoms with Gasteiger partial charge in [0.05, 0.1) is 0 Å². The van der Waals surface area contributed by atoms with Crippen LogP contribution in [0.15, 0.2) is 120 Å². The monoisotopic (exact) mass is 430 g/mol. The summed E-state index contributed by atoms with van der Waals surface area (Å²) in [7, 11) is 0. The van der Waals surface area contributed by atoms with Crippen molar-refractivity contribution >= 4 is 33.5 Å². The van der Waals surface area contributed by atoms with E-state index in [0.717, 1.165) is 60.3 Å². The molecule has 1 nitrogen and oxygen atoms in total. The van der Waals surface area contributed by atoms with Crippen LogP contribution in [0.5, 0.6) is 0 Å². The lowest BCUT2D eigenvalue weighted by Gasteiger charge is -2.07. The van der Waals surface area contributed by atoms with Crippen LogP contribution in [0.1, 0.15) is 0 Å². The van der Waals surface area contributed by atoms with Crippen molar-refractivity contribution in [2.45, 2.75) is 0 Å². The van der Waals surface area contributed by atoms with E-state index in [1.807, 2.05) is 18.2 Å². The van der Waals surface area contributed by atoms with Gasteiger partial charge in [0.2, 0.25) is 0 Å². The van der Waals surface area contributed by atoms with Crippen LogP contribution in [0, 0.1) is 0 Å². The highest BCUT2D eigenvalue weighted by Crippen LogP contribution is 2.40. The Bertz CT molecular complexity index is 1560. The lowest BCUT2D eigenvalue weighted by Crippen LogP contribution is -1.82. The second-order valence-corrected chi connectivity index (χ2v) is 8.36. The average molecular weight is 431 g/mol. The molecule has 0 spiro atoms. The van der Waals surface area contributed by atoms with Crippen molar-refractivity contribution in [3.63, 3.8) is 0 Å². The Balaban J connectivity index is 1.55. The van der Waals surface area contributed by atoms with Crippen molar-refractivity contribution < 1.29 is 4.42 Å². The van der Waals surface area contributed by atoms with Crippen LogP contribution < -0.4 is 0 Å². The summed E-state index contributed by atoms with van der Waals surface area (Å²) in [5, 5.41) is 3.01. The molecule has 1 heterocycles. The van der Waals surface area contributed by atoms with Crippen LogP contribution in [0.3, 0.4) is 0 Å². The van der Waals surface area contributed by atoms with E-state index in [0.29, 0.717) is 0 Å². The molecule has 0 saturated heterocycles. The minimum atomic E-state index is 0.742. The van der Waals surface area contributed by atoms with Crippen molar-refractivity contribution in [1.29, 1.82) is 0 Å². The Morgan fingerprint density at radius 3 is 1.69 bits per heavy atom. The number of hydrogen-bond acceptors (Lipinski definition) is 1. The van der Waals surface area contributed by atoms with Crippen molar-refractivity contribution in [3.8, 4) is 33.4 Å². The van der Waals surface area contributed by atoms with Gasteiger partial charge in [-0.2, -0.15) is 0 Å². The predicted molar refractivity (Wildman–Crippen MR) is 135 cm³/mol. The smallest absolute Gasteiger partial charge is 0.143 e. The molecule has 0 N–H and O–H groups in total. The number of rotatable bonds is 3. The molecular weight excluding hydrogens is 412 g/mol. The minimum Gasteiger partial charge on any atom is -0.455 e. The van der Waals surface area contributed by atoms with Gasteiger partial charge in [-0.25, -0.2) is 0 Å². The molecule has 0 unspecified atom stereocenters. The number of fused-ring (bicyclic) bond motifs is 3. The molecule has 152 valence electrons. The summed E-state index contributed by atoms with van der Waals surface area (Å²) < 4.78 is 6.57. The molecule has 0 fully saturated rings. The maximum absolute atomic E-state index is 6.57. The summed E-state index contributed by atoms with van der Waals surface area (Å²) in [6, 6.07) is 39.7. The number of para-hydroxylation sites is 2. The fourth-order valence-corrected chi connectivity index (χ4v) is 4.53. The maximum atomic E-state index is 6.57. The largest absolute Gasteiger partial charge is 0.455 e. The molecule has 0 saturated carbocycles. The van der Waals surface area contributed by atoms with E-state index in [9.17, 15) is 0 Å². The SMILES string of the molecule is Clc1ccc(-c2cccc(-c3cccc4c3oc3c(-c5ccccc5)cccc34)c2)cc1. The molecule has 6 aromatic rings. The van der Waals surface area contributed by atoms with Crippen LogP contribution in [0.4, 0.5) is 0 Å². The summed E-state index contributed by atoms with van der Waals surface area (Å²) in [5.74, 6) is 0. The Morgan fingerprint density at radius 2 is 1.00 bits per heavy atom. The maximum Gasteiger partial charge on any atom is 0.143 e. The highest BCUT2D eigenvalue weighted by molar-refractivity contribution is 6.30. The second-order valence-electron chi connectivity index (χ2n) is 7.92. The van der Waals surface area contributed by atoms with Crippen LogP contribution >= 0.6 is 11.6 Å². The first-order valence-corrected chi connectivity index (χ1v) is 11.0. The standard InChI is InChI=1S/C30H19ClO/c31-24-17-15-20(16-18-24)22-9-4-10-23(19-22)26-12-6-14-28-27-13-5-11-25(29(27)32-30(26)28)21-7-2-1-3-8-21/h1-19H. The first-order chi connectivity index (χ1) is 15.8. The van der Waals surface area contributed by atoms with Gasteiger partial charge in [0.15, 0.2) is 0 Å². The second kappa shape index (κ2) is 7.71. The van der Waals surface area contributed by atoms with Gasteiger partial charge in [-0.05, 0) is 40.5 Å². The van der Waals surface area contributed by atoms with Crippen LogP contribution in [-0.2, 0) is 0 Å². The van der Waals surface area contributed by atoms with E-state index in [1.165, 1.54) is 0 Å². The zero-order chi connectivity index (χ0) is 21.5. The van der Waals surface area contributed by atoms with E-state index in [-0.39, 0.29) is 0 Å². The van der Waals surface area contributed by atoms with Gasteiger partial charge in [0, 0.05) is 26.9 Å². The number of furan rings is 1. The van der Waals surface area contributed by atoms with E-state index in [1.54, 1.807) is 0 Å². The predicted octanol–water partition coefficient (Wildman–Crippen LogP) is 9.24. The number of benzene rings is 5. The molecule has 32 heavy (non-hydrogen) atoms. The first-order valence-electron chi connectivity index (χ1n) is 10.6. The Hall–Kier alpha value is -3.81. The average Bonchev–Trinajstić information content (AvgIpc) is 3.24. The molecule has 0 radical (unpaired) electrons. The van der Waals surface area contributed by atoms with E-state index >= 15 is 0 Å². The molecule has 2 heteroatoms. The van der Waals surface area contributed by atoms with Crippen LogP contribution in [0.25, 0.3) is 55.3 Å². The molecule has 0 aliphatic heterocycles. The number of halogens is 1. The van der Waals surface area contributed by atoms with Crippen molar-refractivity contribution in [2.75, 3.05) is 0 Å². The highest BCUT2D eigenvalue weighted by atomic mass is 35.5. The summed E-state index contributed by atoms with van der Waals surface area (Å²) in [4.78, 5) is 0. The lowest BCUT2D eigenvalue weighted by atomic mass is 9.97. The van der Waals surface area contributed by atoms with Crippen molar-refractivity contribution in [2.24, 2.45) is 0 Å². The normalized spacial score (nSPS) is 11.3. The summed E-state index contributed by atoms with van der Waals surface area (Å²) >= 11 is 6.07. The van der Waals surface area contributed by atoms with Gasteiger partial charge in [-0.3, -0.25) is 0 Å². The van der Waals surface area contributed by atoms with Gasteiger partial charge in [-0.15, -0.1) is 0 Å². The quantitative estimate of drug-likeness (QED) is 0.272. The lowest BCUT2D eigenvalue weighted by molar-refractivity contribution is 0.671. The molecule has 0 bridgehead atoms. The van der Waals surface area contributed by atoms with Crippen LogP contribution in [0.2, 0.25) is 5.02 Å². The number of hydrogen-bond donors (Lipinski definition) is 0. The molecule has 5 aromatic carbocycles. The molecule has 6 rings (SSSR count). The van der Waals surface area contributed by atoms with Gasteiger partial charge in [-0.1, -0.05) is 109 Å². The van der Waals surface area contributed by atoms with Gasteiger partial charge < -0.3 is 4.42 Å². The molecule has 0 amide bonds. The minimum absolute atomic E-state index is 0.742. The third-order valence-electron chi connectivity index (χ3n) is 5.96. The topological polar surface area (TPSA) is 13.1 Å². The molecular formula is C30H19ClO. The van der Waals surface area contributed by atoms with Gasteiger partial charge in [0.1, 0.15) is 11.2 Å². The first kappa shape index (κ1) is 18.9.